The second-order valence-corrected chi connectivity index (χ2v) is 3.71. The summed E-state index contributed by atoms with van der Waals surface area (Å²) in [5.41, 5.74) is 0.240. The zero-order chi connectivity index (χ0) is 11.7. The van der Waals surface area contributed by atoms with E-state index >= 15 is 0 Å². The topological polar surface area (TPSA) is 69.4 Å². The molecule has 16 heavy (non-hydrogen) atoms. The number of hydrogen-bond acceptors (Lipinski definition) is 4. The third-order valence-electron chi connectivity index (χ3n) is 2.64. The lowest BCUT2D eigenvalue weighted by atomic mass is 9.99. The third kappa shape index (κ3) is 1.76. The summed E-state index contributed by atoms with van der Waals surface area (Å²) in [5, 5.41) is 10.6. The first-order chi connectivity index (χ1) is 7.61. The maximum Gasteiger partial charge on any atom is 0.270 e. The van der Waals surface area contributed by atoms with Gasteiger partial charge in [-0.3, -0.25) is 14.9 Å². The minimum Gasteiger partial charge on any atom is -0.489 e. The normalized spacial score (nSPS) is 18.8. The van der Waals surface area contributed by atoms with E-state index in [1.807, 2.05) is 6.92 Å². The molecule has 84 valence electrons. The van der Waals surface area contributed by atoms with E-state index in [1.54, 1.807) is 0 Å². The fourth-order valence-corrected chi connectivity index (χ4v) is 1.72. The number of benzene rings is 1. The molecule has 0 aromatic heterocycles. The predicted octanol–water partition coefficient (Wildman–Crippen LogP) is 2.34. The SMILES string of the molecule is CCC1CC(=O)c2cc([N+](=O)[O-])ccc2O1. The summed E-state index contributed by atoms with van der Waals surface area (Å²) in [4.78, 5) is 21.8. The monoisotopic (exact) mass is 221 g/mol. The van der Waals surface area contributed by atoms with Gasteiger partial charge in [0.25, 0.3) is 5.69 Å². The molecule has 1 aromatic carbocycles. The van der Waals surface area contributed by atoms with Crippen LogP contribution in [0, 0.1) is 10.1 Å². The van der Waals surface area contributed by atoms with Crippen molar-refractivity contribution in [3.8, 4) is 5.75 Å². The van der Waals surface area contributed by atoms with E-state index in [9.17, 15) is 14.9 Å². The highest BCUT2D eigenvalue weighted by atomic mass is 16.6. The van der Waals surface area contributed by atoms with Crippen LogP contribution in [0.15, 0.2) is 18.2 Å². The second-order valence-electron chi connectivity index (χ2n) is 3.71. The molecule has 0 radical (unpaired) electrons. The van der Waals surface area contributed by atoms with Gasteiger partial charge in [0.1, 0.15) is 11.9 Å². The van der Waals surface area contributed by atoms with Crippen LogP contribution in [0.2, 0.25) is 0 Å². The number of rotatable bonds is 2. The van der Waals surface area contributed by atoms with Gasteiger partial charge in [-0.1, -0.05) is 6.92 Å². The molecule has 5 heteroatoms. The number of non-ortho nitro benzene ring substituents is 1. The highest BCUT2D eigenvalue weighted by Crippen LogP contribution is 2.31. The van der Waals surface area contributed by atoms with Crippen molar-refractivity contribution < 1.29 is 14.5 Å². The summed E-state index contributed by atoms with van der Waals surface area (Å²) in [6, 6.07) is 4.13. The molecule has 1 unspecified atom stereocenters. The van der Waals surface area contributed by atoms with Crippen molar-refractivity contribution in [1.82, 2.24) is 0 Å². The Morgan fingerprint density at radius 1 is 1.56 bits per heavy atom. The zero-order valence-electron chi connectivity index (χ0n) is 8.80. The van der Waals surface area contributed by atoms with Gasteiger partial charge in [0.2, 0.25) is 0 Å². The number of ketones is 1. The second kappa shape index (κ2) is 3.92. The summed E-state index contributed by atoms with van der Waals surface area (Å²) in [7, 11) is 0. The molecule has 0 N–H and O–H groups in total. The third-order valence-corrected chi connectivity index (χ3v) is 2.64. The molecular weight excluding hydrogens is 210 g/mol. The molecule has 1 heterocycles. The molecule has 1 aliphatic rings. The number of ether oxygens (including phenoxy) is 1. The number of hydrogen-bond donors (Lipinski definition) is 0. The number of carbonyl (C=O) groups is 1. The zero-order valence-corrected chi connectivity index (χ0v) is 8.80. The molecule has 0 saturated carbocycles. The molecule has 0 bridgehead atoms. The van der Waals surface area contributed by atoms with Gasteiger partial charge >= 0.3 is 0 Å². The van der Waals surface area contributed by atoms with Gasteiger partial charge in [-0.15, -0.1) is 0 Å². The van der Waals surface area contributed by atoms with E-state index in [2.05, 4.69) is 0 Å². The smallest absolute Gasteiger partial charge is 0.270 e. The van der Waals surface area contributed by atoms with Crippen LogP contribution in [0.1, 0.15) is 30.1 Å². The molecule has 0 spiro atoms. The van der Waals surface area contributed by atoms with Crippen molar-refractivity contribution in [2.24, 2.45) is 0 Å². The van der Waals surface area contributed by atoms with Crippen molar-refractivity contribution in [3.63, 3.8) is 0 Å². The molecule has 1 aromatic rings. The first kappa shape index (κ1) is 10.6. The Morgan fingerprint density at radius 2 is 2.31 bits per heavy atom. The molecule has 1 aliphatic heterocycles. The van der Waals surface area contributed by atoms with Gasteiger partial charge < -0.3 is 4.74 Å². The van der Waals surface area contributed by atoms with Crippen LogP contribution in [0.3, 0.4) is 0 Å². The molecule has 0 aliphatic carbocycles. The van der Waals surface area contributed by atoms with E-state index < -0.39 is 4.92 Å². The van der Waals surface area contributed by atoms with Gasteiger partial charge in [-0.05, 0) is 12.5 Å². The molecule has 0 fully saturated rings. The average Bonchev–Trinajstić information content (AvgIpc) is 2.28. The summed E-state index contributed by atoms with van der Waals surface area (Å²) in [5.74, 6) is 0.366. The molecule has 2 rings (SSSR count). The number of nitro benzene ring substituents is 1. The van der Waals surface area contributed by atoms with Crippen LogP contribution in [0.25, 0.3) is 0 Å². The van der Waals surface area contributed by atoms with Gasteiger partial charge in [0.05, 0.1) is 10.5 Å². The lowest BCUT2D eigenvalue weighted by molar-refractivity contribution is -0.384. The minimum absolute atomic E-state index is 0.0781. The quantitative estimate of drug-likeness (QED) is 0.567. The molecule has 1 atom stereocenters. The van der Waals surface area contributed by atoms with Crippen molar-refractivity contribution in [2.75, 3.05) is 0 Å². The largest absolute Gasteiger partial charge is 0.489 e. The van der Waals surface area contributed by atoms with Gasteiger partial charge in [-0.25, -0.2) is 0 Å². The lowest BCUT2D eigenvalue weighted by Gasteiger charge is -2.23. The highest BCUT2D eigenvalue weighted by molar-refractivity contribution is 6.00. The minimum atomic E-state index is -0.514. The molecular formula is C11H11NO4. The van der Waals surface area contributed by atoms with E-state index in [0.29, 0.717) is 17.7 Å². The first-order valence-electron chi connectivity index (χ1n) is 5.10. The molecule has 0 amide bonds. The van der Waals surface area contributed by atoms with Crippen LogP contribution in [0.5, 0.6) is 5.75 Å². The van der Waals surface area contributed by atoms with E-state index in [0.717, 1.165) is 6.42 Å². The van der Waals surface area contributed by atoms with Crippen LogP contribution < -0.4 is 4.74 Å². The Bertz CT molecular complexity index is 455. The van der Waals surface area contributed by atoms with Crippen LogP contribution >= 0.6 is 0 Å². The summed E-state index contributed by atoms with van der Waals surface area (Å²) >= 11 is 0. The summed E-state index contributed by atoms with van der Waals surface area (Å²) in [6.45, 7) is 1.94. The van der Waals surface area contributed by atoms with Gasteiger partial charge in [0.15, 0.2) is 5.78 Å². The summed E-state index contributed by atoms with van der Waals surface area (Å²) in [6.07, 6.45) is 0.939. The van der Waals surface area contributed by atoms with Crippen molar-refractivity contribution in [2.45, 2.75) is 25.9 Å². The number of carbonyl (C=O) groups excluding carboxylic acids is 1. The highest BCUT2D eigenvalue weighted by Gasteiger charge is 2.26. The Morgan fingerprint density at radius 3 is 2.94 bits per heavy atom. The van der Waals surface area contributed by atoms with E-state index in [-0.39, 0.29) is 17.6 Å². The summed E-state index contributed by atoms with van der Waals surface area (Å²) < 4.78 is 5.54. The maximum absolute atomic E-state index is 11.7. The van der Waals surface area contributed by atoms with Crippen LogP contribution in [0.4, 0.5) is 5.69 Å². The van der Waals surface area contributed by atoms with Crippen LogP contribution in [-0.2, 0) is 0 Å². The number of fused-ring (bicyclic) bond motifs is 1. The number of Topliss-reactive ketones (excluding diaryl/α,β-unsaturated/α-hetero) is 1. The van der Waals surface area contributed by atoms with Crippen molar-refractivity contribution in [1.29, 1.82) is 0 Å². The van der Waals surface area contributed by atoms with E-state index in [1.165, 1.54) is 18.2 Å². The van der Waals surface area contributed by atoms with Crippen molar-refractivity contribution >= 4 is 11.5 Å². The standard InChI is InChI=1S/C11H11NO4/c1-2-8-6-10(13)9-5-7(12(14)15)3-4-11(9)16-8/h3-5,8H,2,6H2,1H3. The first-order valence-corrected chi connectivity index (χ1v) is 5.10. The van der Waals surface area contributed by atoms with E-state index in [4.69, 9.17) is 4.74 Å². The predicted molar refractivity (Wildman–Crippen MR) is 56.8 cm³/mol. The van der Waals surface area contributed by atoms with Gasteiger partial charge in [0, 0.05) is 18.6 Å². The number of nitrogens with zero attached hydrogens (tertiary/aromatic N) is 1. The lowest BCUT2D eigenvalue weighted by Crippen LogP contribution is -2.26. The fraction of sp³-hybridized carbons (Fsp3) is 0.364. The maximum atomic E-state index is 11.7. The Kier molecular flexibility index (Phi) is 2.60. The van der Waals surface area contributed by atoms with Crippen molar-refractivity contribution in [3.05, 3.63) is 33.9 Å². The molecule has 0 saturated heterocycles. The van der Waals surface area contributed by atoms with Crippen LogP contribution in [-0.4, -0.2) is 16.8 Å². The Balaban J connectivity index is 2.41. The Labute approximate surface area is 92.2 Å². The van der Waals surface area contributed by atoms with Gasteiger partial charge in [-0.2, -0.15) is 0 Å². The Hall–Kier alpha value is -1.91. The fourth-order valence-electron chi connectivity index (χ4n) is 1.72. The molecule has 5 nitrogen and oxygen atoms in total. The number of nitro groups is 1. The average molecular weight is 221 g/mol.